The third-order valence-corrected chi connectivity index (χ3v) is 11.8. The maximum absolute atomic E-state index is 14.2. The number of unbranched alkanes of at least 4 members (excludes halogenated alkanes) is 4. The number of carbonyl (C=O) groups excluding carboxylic acids is 8. The minimum Gasteiger partial charge on any atom is -0.399 e. The Hall–Kier alpha value is -4.74. The van der Waals surface area contributed by atoms with Crippen LogP contribution < -0.4 is 27.4 Å². The first-order valence-corrected chi connectivity index (χ1v) is 25.5. The van der Waals surface area contributed by atoms with Gasteiger partial charge in [0.05, 0.1) is 79.3 Å². The first-order valence-electron chi connectivity index (χ1n) is 25.5. The molecule has 1 aromatic rings. The van der Waals surface area contributed by atoms with Crippen LogP contribution in [-0.2, 0) is 63.7 Å². The van der Waals surface area contributed by atoms with E-state index in [2.05, 4.69) is 16.0 Å². The van der Waals surface area contributed by atoms with Crippen molar-refractivity contribution in [2.24, 2.45) is 23.5 Å². The molecule has 1 aromatic carbocycles. The van der Waals surface area contributed by atoms with Crippen LogP contribution in [0.2, 0.25) is 0 Å². The minimum absolute atomic E-state index is 0.0196. The van der Waals surface area contributed by atoms with Crippen molar-refractivity contribution in [1.82, 2.24) is 16.0 Å². The van der Waals surface area contributed by atoms with Crippen molar-refractivity contribution >= 4 is 52.4 Å². The van der Waals surface area contributed by atoms with Gasteiger partial charge in [0, 0.05) is 87.9 Å². The summed E-state index contributed by atoms with van der Waals surface area (Å²) in [6.07, 6.45) is 4.66. The summed E-state index contributed by atoms with van der Waals surface area (Å²) in [6.45, 7) is 0.739. The molecule has 1 rings (SSSR count). The maximum atomic E-state index is 14.2. The Morgan fingerprint density at radius 3 is 1.50 bits per heavy atom. The molecule has 0 fully saturated rings. The smallest absolute Gasteiger partial charge is 0.242 e. The fraction of sp³-hybridized carbons (Fsp3) is 0.725. The molecule has 0 saturated heterocycles. The van der Waals surface area contributed by atoms with Gasteiger partial charge in [0.15, 0.2) is 0 Å². The van der Waals surface area contributed by atoms with Crippen LogP contribution in [0.5, 0.6) is 0 Å². The normalized spacial score (nSPS) is 12.9. The van der Waals surface area contributed by atoms with Crippen molar-refractivity contribution in [3.05, 3.63) is 29.8 Å². The highest BCUT2D eigenvalue weighted by molar-refractivity contribution is 5.93. The number of hydrogen-bond acceptors (Lipinski definition) is 17. The van der Waals surface area contributed by atoms with E-state index in [1.165, 1.54) is 0 Å². The van der Waals surface area contributed by atoms with Gasteiger partial charge in [-0.25, -0.2) is 0 Å². The monoisotopic (exact) mass is 1020 g/mol. The summed E-state index contributed by atoms with van der Waals surface area (Å²) in [5.41, 5.74) is 12.9. The molecule has 0 aromatic heterocycles. The molecule has 0 radical (unpaired) electrons. The predicted molar refractivity (Wildman–Crippen MR) is 267 cm³/mol. The number of aliphatic hydroxyl groups is 4. The minimum atomic E-state index is -0.884. The molecule has 11 N–H and O–H groups in total. The molecule has 72 heavy (non-hydrogen) atoms. The van der Waals surface area contributed by atoms with E-state index in [4.69, 9.17) is 50.8 Å². The lowest BCUT2D eigenvalue weighted by Gasteiger charge is -2.22. The molecule has 4 atom stereocenters. The van der Waals surface area contributed by atoms with E-state index >= 15 is 0 Å². The highest BCUT2D eigenvalue weighted by Crippen LogP contribution is 2.26. The average molecular weight is 1020 g/mol. The number of benzene rings is 1. The summed E-state index contributed by atoms with van der Waals surface area (Å²) >= 11 is 0. The fourth-order valence-electron chi connectivity index (χ4n) is 7.72. The Bertz CT molecular complexity index is 1700. The van der Waals surface area contributed by atoms with Crippen molar-refractivity contribution < 1.29 is 77.7 Å². The van der Waals surface area contributed by atoms with Crippen LogP contribution in [0.15, 0.2) is 24.3 Å². The molecule has 0 spiro atoms. The quantitative estimate of drug-likeness (QED) is 0.0327. The molecule has 21 heteroatoms. The largest absolute Gasteiger partial charge is 0.399 e. The van der Waals surface area contributed by atoms with Gasteiger partial charge < -0.3 is 66.8 Å². The summed E-state index contributed by atoms with van der Waals surface area (Å²) in [7, 11) is 0. The number of amides is 4. The lowest BCUT2D eigenvalue weighted by molar-refractivity contribution is -0.133. The molecule has 410 valence electrons. The standard InChI is InChI=1S/C51H85N5O16/c52-42-14-12-38(13-15-42)34-41(50(53)67)37-47(64)40(36-46(63)39(35-44(62)17-27-70-31-23-58)8-4-6-20-54-48(65)18-28-71-32-24-59)9-5-7-21-55-51(68)45(56-49(66)19-29-72-33-25-60)11-3-1-2-10-43(61)16-26-69-30-22-57/h12-15,39-41,45,57-60H,1-11,16-37,52H2,(H2,53,67)(H,54,65)(H,55,68)(H,56,66). The second-order valence-electron chi connectivity index (χ2n) is 17.8. The molecule has 0 saturated carbocycles. The third-order valence-electron chi connectivity index (χ3n) is 11.8. The molecule has 0 heterocycles. The zero-order valence-corrected chi connectivity index (χ0v) is 42.3. The van der Waals surface area contributed by atoms with Gasteiger partial charge in [-0.3, -0.25) is 38.4 Å². The molecule has 0 bridgehead atoms. The van der Waals surface area contributed by atoms with Gasteiger partial charge in [-0.15, -0.1) is 0 Å². The number of nitrogens with one attached hydrogen (secondary N) is 3. The van der Waals surface area contributed by atoms with Crippen molar-refractivity contribution in [1.29, 1.82) is 0 Å². The first kappa shape index (κ1) is 65.3. The Kier molecular flexibility index (Phi) is 38.7. The number of anilines is 1. The van der Waals surface area contributed by atoms with E-state index in [-0.39, 0.29) is 173 Å². The van der Waals surface area contributed by atoms with Gasteiger partial charge in [0.1, 0.15) is 29.2 Å². The van der Waals surface area contributed by atoms with Crippen molar-refractivity contribution in [2.45, 2.75) is 128 Å². The number of nitrogen functional groups attached to an aromatic ring is 1. The predicted octanol–water partition coefficient (Wildman–Crippen LogP) is 1.20. The summed E-state index contributed by atoms with van der Waals surface area (Å²) in [6, 6.07) is 5.96. The van der Waals surface area contributed by atoms with E-state index in [0.29, 0.717) is 76.4 Å². The van der Waals surface area contributed by atoms with Gasteiger partial charge in [-0.1, -0.05) is 37.8 Å². The van der Waals surface area contributed by atoms with E-state index in [1.807, 2.05) is 0 Å². The number of nitrogens with two attached hydrogens (primary N) is 2. The van der Waals surface area contributed by atoms with Crippen LogP contribution in [0.25, 0.3) is 0 Å². The summed E-state index contributed by atoms with van der Waals surface area (Å²) in [5, 5.41) is 44.2. The van der Waals surface area contributed by atoms with Crippen LogP contribution >= 0.6 is 0 Å². The number of primary amides is 1. The second-order valence-corrected chi connectivity index (χ2v) is 17.8. The van der Waals surface area contributed by atoms with Gasteiger partial charge in [-0.05, 0) is 62.6 Å². The molecule has 0 aliphatic rings. The Labute approximate surface area is 424 Å². The van der Waals surface area contributed by atoms with Gasteiger partial charge in [0.25, 0.3) is 0 Å². The number of hydrogen-bond donors (Lipinski definition) is 9. The third kappa shape index (κ3) is 33.8. The fourth-order valence-corrected chi connectivity index (χ4v) is 7.72. The lowest BCUT2D eigenvalue weighted by atomic mass is 9.81. The zero-order chi connectivity index (χ0) is 53.2. The van der Waals surface area contributed by atoms with Crippen LogP contribution in [0, 0.1) is 17.8 Å². The van der Waals surface area contributed by atoms with E-state index < -0.39 is 41.5 Å². The Morgan fingerprint density at radius 1 is 0.486 bits per heavy atom. The first-order chi connectivity index (χ1) is 34.7. The summed E-state index contributed by atoms with van der Waals surface area (Å²) < 4.78 is 20.8. The van der Waals surface area contributed by atoms with Crippen molar-refractivity contribution in [3.63, 3.8) is 0 Å². The number of Topliss-reactive ketones (excluding diaryl/α,β-unsaturated/α-hetero) is 4. The van der Waals surface area contributed by atoms with Crippen LogP contribution in [0.4, 0.5) is 5.69 Å². The molecular formula is C51H85N5O16. The second kappa shape index (κ2) is 42.7. The number of carbonyl (C=O) groups is 8. The average Bonchev–Trinajstić information content (AvgIpc) is 3.35. The highest BCUT2D eigenvalue weighted by atomic mass is 16.5. The maximum Gasteiger partial charge on any atom is 0.242 e. The number of aliphatic hydroxyl groups excluding tert-OH is 4. The number of rotatable bonds is 49. The van der Waals surface area contributed by atoms with E-state index in [1.54, 1.807) is 24.3 Å². The van der Waals surface area contributed by atoms with Crippen LogP contribution in [0.1, 0.15) is 121 Å². The van der Waals surface area contributed by atoms with Crippen LogP contribution in [0.3, 0.4) is 0 Å². The molecular weight excluding hydrogens is 939 g/mol. The summed E-state index contributed by atoms with van der Waals surface area (Å²) in [4.78, 5) is 105. The van der Waals surface area contributed by atoms with Gasteiger partial charge in [0.2, 0.25) is 23.6 Å². The van der Waals surface area contributed by atoms with E-state index in [9.17, 15) is 38.4 Å². The topological polar surface area (TPSA) is 343 Å². The number of ketones is 4. The lowest BCUT2D eigenvalue weighted by Crippen LogP contribution is -2.47. The molecule has 21 nitrogen and oxygen atoms in total. The van der Waals surface area contributed by atoms with Gasteiger partial charge in [-0.2, -0.15) is 0 Å². The Balaban J connectivity index is 3.13. The molecule has 4 unspecified atom stereocenters. The SMILES string of the molecule is NC(=O)C(CC(=O)C(CCCCNC(=O)C(CCCCCC(=O)CCOCCO)NC(=O)CCOCCO)CC(=O)C(CCCCNC(=O)CCOCCO)CC(=O)CCOCCO)Cc1ccc(N)cc1. The molecule has 4 amide bonds. The van der Waals surface area contributed by atoms with Crippen molar-refractivity contribution in [3.8, 4) is 0 Å². The molecule has 0 aliphatic heterocycles. The van der Waals surface area contributed by atoms with E-state index in [0.717, 1.165) is 5.56 Å². The Morgan fingerprint density at radius 2 is 0.958 bits per heavy atom. The van der Waals surface area contributed by atoms with Gasteiger partial charge >= 0.3 is 0 Å². The summed E-state index contributed by atoms with van der Waals surface area (Å²) in [5.74, 6) is -5.08. The molecule has 0 aliphatic carbocycles. The van der Waals surface area contributed by atoms with Crippen molar-refractivity contribution in [2.75, 3.05) is 98.1 Å². The number of ether oxygens (including phenoxy) is 4. The zero-order valence-electron chi connectivity index (χ0n) is 42.3. The highest BCUT2D eigenvalue weighted by Gasteiger charge is 2.30. The van der Waals surface area contributed by atoms with Crippen LogP contribution in [-0.4, -0.2) is 166 Å².